The van der Waals surface area contributed by atoms with Gasteiger partial charge in [0.05, 0.1) is 18.3 Å². The summed E-state index contributed by atoms with van der Waals surface area (Å²) in [5.41, 5.74) is 2.15. The van der Waals surface area contributed by atoms with Gasteiger partial charge in [-0.1, -0.05) is 29.8 Å². The Morgan fingerprint density at radius 1 is 1.20 bits per heavy atom. The molecule has 3 aromatic rings. The smallest absolute Gasteiger partial charge is 0.119 e. The molecular formula is C16H15ClN2O. The Labute approximate surface area is 122 Å². The summed E-state index contributed by atoms with van der Waals surface area (Å²) in [6.07, 6.45) is 1.88. The van der Waals surface area contributed by atoms with E-state index in [1.807, 2.05) is 48.1 Å². The number of aryl methyl sites for hydroxylation is 1. The van der Waals surface area contributed by atoms with E-state index in [1.54, 1.807) is 0 Å². The zero-order valence-electron chi connectivity index (χ0n) is 11.2. The van der Waals surface area contributed by atoms with Gasteiger partial charge in [-0.2, -0.15) is 5.10 Å². The van der Waals surface area contributed by atoms with Crippen LogP contribution in [0.2, 0.25) is 5.02 Å². The second kappa shape index (κ2) is 5.55. The minimum atomic E-state index is 0.576. The highest BCUT2D eigenvalue weighted by molar-refractivity contribution is 6.31. The van der Waals surface area contributed by atoms with E-state index >= 15 is 0 Å². The molecule has 0 aliphatic carbocycles. The number of aromatic nitrogens is 2. The van der Waals surface area contributed by atoms with E-state index in [1.165, 1.54) is 0 Å². The highest BCUT2D eigenvalue weighted by atomic mass is 35.5. The van der Waals surface area contributed by atoms with Gasteiger partial charge in [-0.25, -0.2) is 0 Å². The standard InChI is InChI=1S/C16H15ClN2O/c1-12-10-14(6-7-15(12)17)20-9-8-19-16-5-3-2-4-13(16)11-18-19/h2-7,10-11H,8-9H2,1H3. The third-order valence-corrected chi connectivity index (χ3v) is 3.68. The Balaban J connectivity index is 1.66. The quantitative estimate of drug-likeness (QED) is 0.723. The average molecular weight is 287 g/mol. The summed E-state index contributed by atoms with van der Waals surface area (Å²) in [5, 5.41) is 6.28. The maximum atomic E-state index is 5.99. The van der Waals surface area contributed by atoms with Gasteiger partial charge in [-0.3, -0.25) is 4.68 Å². The molecule has 0 saturated carbocycles. The summed E-state index contributed by atoms with van der Waals surface area (Å²) < 4.78 is 7.70. The van der Waals surface area contributed by atoms with E-state index < -0.39 is 0 Å². The fourth-order valence-corrected chi connectivity index (χ4v) is 2.28. The molecule has 0 bridgehead atoms. The van der Waals surface area contributed by atoms with Crippen molar-refractivity contribution >= 4 is 22.5 Å². The Hall–Kier alpha value is -2.00. The number of para-hydroxylation sites is 1. The van der Waals surface area contributed by atoms with E-state index in [9.17, 15) is 0 Å². The number of hydrogen-bond acceptors (Lipinski definition) is 2. The summed E-state index contributed by atoms with van der Waals surface area (Å²) in [4.78, 5) is 0. The lowest BCUT2D eigenvalue weighted by atomic mass is 10.2. The van der Waals surface area contributed by atoms with Gasteiger partial charge in [0.25, 0.3) is 0 Å². The first-order valence-electron chi connectivity index (χ1n) is 6.53. The van der Waals surface area contributed by atoms with Crippen LogP contribution in [-0.4, -0.2) is 16.4 Å². The topological polar surface area (TPSA) is 27.1 Å². The Morgan fingerprint density at radius 2 is 2.05 bits per heavy atom. The van der Waals surface area contributed by atoms with E-state index in [0.717, 1.165) is 33.8 Å². The molecule has 0 unspecified atom stereocenters. The van der Waals surface area contributed by atoms with Gasteiger partial charge in [0.15, 0.2) is 0 Å². The molecule has 0 spiro atoms. The minimum absolute atomic E-state index is 0.576. The van der Waals surface area contributed by atoms with Crippen molar-refractivity contribution in [2.75, 3.05) is 6.61 Å². The van der Waals surface area contributed by atoms with Crippen LogP contribution in [0.25, 0.3) is 10.9 Å². The fourth-order valence-electron chi connectivity index (χ4n) is 2.16. The normalized spacial score (nSPS) is 10.9. The molecule has 1 aromatic heterocycles. The Kier molecular flexibility index (Phi) is 3.61. The third kappa shape index (κ3) is 2.63. The summed E-state index contributed by atoms with van der Waals surface area (Å²) in [6, 6.07) is 13.8. The maximum Gasteiger partial charge on any atom is 0.119 e. The van der Waals surface area contributed by atoms with Crippen LogP contribution in [0.5, 0.6) is 5.75 Å². The van der Waals surface area contributed by atoms with Crippen molar-refractivity contribution in [2.45, 2.75) is 13.5 Å². The van der Waals surface area contributed by atoms with Gasteiger partial charge in [0, 0.05) is 10.4 Å². The van der Waals surface area contributed by atoms with Crippen molar-refractivity contribution in [3.05, 3.63) is 59.2 Å². The molecule has 20 heavy (non-hydrogen) atoms. The van der Waals surface area contributed by atoms with Crippen LogP contribution in [0.15, 0.2) is 48.7 Å². The summed E-state index contributed by atoms with van der Waals surface area (Å²) >= 11 is 5.99. The lowest BCUT2D eigenvalue weighted by molar-refractivity contribution is 0.293. The fraction of sp³-hybridized carbons (Fsp3) is 0.188. The first-order valence-corrected chi connectivity index (χ1v) is 6.91. The Bertz CT molecular complexity index is 736. The molecule has 0 aliphatic rings. The van der Waals surface area contributed by atoms with E-state index in [4.69, 9.17) is 16.3 Å². The number of ether oxygens (including phenoxy) is 1. The second-order valence-corrected chi connectivity index (χ2v) is 5.09. The van der Waals surface area contributed by atoms with Gasteiger partial charge in [-0.05, 0) is 36.8 Å². The third-order valence-electron chi connectivity index (χ3n) is 3.25. The molecular weight excluding hydrogens is 272 g/mol. The number of rotatable bonds is 4. The van der Waals surface area contributed by atoms with Crippen LogP contribution in [-0.2, 0) is 6.54 Å². The van der Waals surface area contributed by atoms with Crippen molar-refractivity contribution < 1.29 is 4.74 Å². The molecule has 2 aromatic carbocycles. The van der Waals surface area contributed by atoms with Gasteiger partial charge in [0.1, 0.15) is 12.4 Å². The first kappa shape index (κ1) is 13.0. The summed E-state index contributed by atoms with van der Waals surface area (Å²) in [7, 11) is 0. The van der Waals surface area contributed by atoms with Crippen LogP contribution in [0, 0.1) is 6.92 Å². The number of halogens is 1. The van der Waals surface area contributed by atoms with Gasteiger partial charge in [-0.15, -0.1) is 0 Å². The summed E-state index contributed by atoms with van der Waals surface area (Å²) in [6.45, 7) is 3.26. The SMILES string of the molecule is Cc1cc(OCCn2ncc3ccccc32)ccc1Cl. The van der Waals surface area contributed by atoms with Gasteiger partial charge >= 0.3 is 0 Å². The molecule has 0 saturated heterocycles. The van der Waals surface area contributed by atoms with Crippen molar-refractivity contribution in [3.8, 4) is 5.75 Å². The molecule has 4 heteroatoms. The maximum absolute atomic E-state index is 5.99. The molecule has 3 rings (SSSR count). The highest BCUT2D eigenvalue weighted by Gasteiger charge is 2.02. The van der Waals surface area contributed by atoms with Crippen LogP contribution >= 0.6 is 11.6 Å². The average Bonchev–Trinajstić information content (AvgIpc) is 2.86. The highest BCUT2D eigenvalue weighted by Crippen LogP contribution is 2.21. The van der Waals surface area contributed by atoms with E-state index in [2.05, 4.69) is 17.2 Å². The van der Waals surface area contributed by atoms with Crippen LogP contribution in [0.4, 0.5) is 0 Å². The number of benzene rings is 2. The lowest BCUT2D eigenvalue weighted by Crippen LogP contribution is -2.09. The monoisotopic (exact) mass is 286 g/mol. The number of fused-ring (bicyclic) bond motifs is 1. The zero-order valence-corrected chi connectivity index (χ0v) is 12.0. The van der Waals surface area contributed by atoms with Crippen LogP contribution in [0.1, 0.15) is 5.56 Å². The predicted molar refractivity (Wildman–Crippen MR) is 81.4 cm³/mol. The Morgan fingerprint density at radius 3 is 2.90 bits per heavy atom. The molecule has 0 amide bonds. The molecule has 1 heterocycles. The molecule has 0 fully saturated rings. The minimum Gasteiger partial charge on any atom is -0.492 e. The van der Waals surface area contributed by atoms with Crippen molar-refractivity contribution in [2.24, 2.45) is 0 Å². The van der Waals surface area contributed by atoms with Gasteiger partial charge in [0.2, 0.25) is 0 Å². The van der Waals surface area contributed by atoms with Crippen LogP contribution in [0.3, 0.4) is 0 Å². The molecule has 0 N–H and O–H groups in total. The number of nitrogens with zero attached hydrogens (tertiary/aromatic N) is 2. The van der Waals surface area contributed by atoms with Crippen molar-refractivity contribution in [1.82, 2.24) is 9.78 Å². The molecule has 0 radical (unpaired) electrons. The largest absolute Gasteiger partial charge is 0.492 e. The van der Waals surface area contributed by atoms with Gasteiger partial charge < -0.3 is 4.74 Å². The second-order valence-electron chi connectivity index (χ2n) is 4.69. The molecule has 3 nitrogen and oxygen atoms in total. The van der Waals surface area contributed by atoms with Crippen molar-refractivity contribution in [3.63, 3.8) is 0 Å². The van der Waals surface area contributed by atoms with E-state index in [-0.39, 0.29) is 0 Å². The molecule has 102 valence electrons. The number of hydrogen-bond donors (Lipinski definition) is 0. The molecule has 0 aliphatic heterocycles. The predicted octanol–water partition coefficient (Wildman–Crippen LogP) is 4.08. The van der Waals surface area contributed by atoms with E-state index in [0.29, 0.717) is 6.61 Å². The molecule has 0 atom stereocenters. The zero-order chi connectivity index (χ0) is 13.9. The first-order chi connectivity index (χ1) is 9.74. The van der Waals surface area contributed by atoms with Crippen molar-refractivity contribution in [1.29, 1.82) is 0 Å². The lowest BCUT2D eigenvalue weighted by Gasteiger charge is -2.08. The van der Waals surface area contributed by atoms with Crippen LogP contribution < -0.4 is 4.74 Å². The summed E-state index contributed by atoms with van der Waals surface area (Å²) in [5.74, 6) is 0.836.